The van der Waals surface area contributed by atoms with Gasteiger partial charge in [0.25, 0.3) is 0 Å². The van der Waals surface area contributed by atoms with Crippen LogP contribution in [0.15, 0.2) is 30.3 Å². The third kappa shape index (κ3) is 3.46. The summed E-state index contributed by atoms with van der Waals surface area (Å²) < 4.78 is 0. The van der Waals surface area contributed by atoms with Crippen LogP contribution in [-0.4, -0.2) is 29.5 Å². The van der Waals surface area contributed by atoms with Crippen molar-refractivity contribution in [2.45, 2.75) is 19.1 Å². The van der Waals surface area contributed by atoms with Crippen molar-refractivity contribution >= 4 is 0 Å². The second kappa shape index (κ2) is 5.75. The lowest BCUT2D eigenvalue weighted by Crippen LogP contribution is -2.87. The third-order valence-electron chi connectivity index (χ3n) is 2.30. The van der Waals surface area contributed by atoms with E-state index in [-0.39, 0.29) is 6.61 Å². The fourth-order valence-corrected chi connectivity index (χ4v) is 1.33. The van der Waals surface area contributed by atoms with E-state index in [0.29, 0.717) is 12.6 Å². The maximum absolute atomic E-state index is 9.17. The van der Waals surface area contributed by atoms with Crippen LogP contribution in [0.2, 0.25) is 0 Å². The number of nitrogens with two attached hydrogens (primary N) is 1. The highest BCUT2D eigenvalue weighted by Crippen LogP contribution is 2.05. The fourth-order valence-electron chi connectivity index (χ4n) is 1.33. The Morgan fingerprint density at radius 3 is 2.50 bits per heavy atom. The molecule has 0 saturated heterocycles. The molecule has 0 aliphatic carbocycles. The molecular weight excluding hydrogens is 178 g/mol. The predicted molar refractivity (Wildman–Crippen MR) is 54.7 cm³/mol. The Hall–Kier alpha value is -0.900. The molecule has 3 nitrogen and oxygen atoms in total. The quantitative estimate of drug-likeness (QED) is 0.603. The third-order valence-corrected chi connectivity index (χ3v) is 2.30. The van der Waals surface area contributed by atoms with Crippen molar-refractivity contribution in [3.8, 4) is 0 Å². The van der Waals surface area contributed by atoms with Crippen molar-refractivity contribution < 1.29 is 15.5 Å². The second-order valence-corrected chi connectivity index (χ2v) is 3.51. The first kappa shape index (κ1) is 11.2. The van der Waals surface area contributed by atoms with Crippen LogP contribution in [0.3, 0.4) is 0 Å². The molecule has 0 aromatic heterocycles. The Morgan fingerprint density at radius 1 is 1.29 bits per heavy atom. The number of hydrogen-bond acceptors (Lipinski definition) is 2. The molecule has 0 aliphatic heterocycles. The Kier molecular flexibility index (Phi) is 4.59. The Balaban J connectivity index is 2.39. The Bertz CT molecular complexity index is 251. The number of quaternary nitrogens is 1. The minimum Gasteiger partial charge on any atom is -0.393 e. The van der Waals surface area contributed by atoms with Crippen molar-refractivity contribution in [2.75, 3.05) is 13.2 Å². The van der Waals surface area contributed by atoms with Gasteiger partial charge in [-0.25, -0.2) is 0 Å². The maximum Gasteiger partial charge on any atom is 0.126 e. The van der Waals surface area contributed by atoms with Crippen LogP contribution in [0.25, 0.3) is 0 Å². The monoisotopic (exact) mass is 196 g/mol. The van der Waals surface area contributed by atoms with Gasteiger partial charge in [-0.2, -0.15) is 0 Å². The first-order chi connectivity index (χ1) is 6.74. The molecule has 0 fully saturated rings. The number of rotatable bonds is 5. The minimum absolute atomic E-state index is 0.169. The van der Waals surface area contributed by atoms with Crippen molar-refractivity contribution in [3.63, 3.8) is 0 Å². The van der Waals surface area contributed by atoms with Gasteiger partial charge in [0.15, 0.2) is 0 Å². The zero-order valence-corrected chi connectivity index (χ0v) is 8.43. The zero-order chi connectivity index (χ0) is 10.4. The molecule has 0 spiro atoms. The summed E-state index contributed by atoms with van der Waals surface area (Å²) in [4.78, 5) is 0. The Morgan fingerprint density at radius 2 is 1.93 bits per heavy atom. The number of hydrogen-bond donors (Lipinski definition) is 3. The van der Waals surface area contributed by atoms with E-state index in [1.165, 1.54) is 5.56 Å². The van der Waals surface area contributed by atoms with Crippen LogP contribution in [0.5, 0.6) is 0 Å². The maximum atomic E-state index is 9.17. The number of benzene rings is 1. The normalized spacial score (nSPS) is 15.1. The molecule has 3 heteroatoms. The molecule has 0 heterocycles. The van der Waals surface area contributed by atoms with Crippen LogP contribution in [0.1, 0.15) is 18.5 Å². The fraction of sp³-hybridized carbons (Fsp3) is 0.455. The van der Waals surface area contributed by atoms with Gasteiger partial charge in [0.05, 0.1) is 6.61 Å². The molecule has 0 bridgehead atoms. The largest absolute Gasteiger partial charge is 0.393 e. The molecule has 14 heavy (non-hydrogen) atoms. The smallest absolute Gasteiger partial charge is 0.126 e. The average Bonchev–Trinajstić information content (AvgIpc) is 2.26. The van der Waals surface area contributed by atoms with E-state index in [2.05, 4.69) is 19.1 Å². The highest BCUT2D eigenvalue weighted by atomic mass is 16.3. The van der Waals surface area contributed by atoms with Crippen LogP contribution < -0.4 is 5.32 Å². The number of aliphatic hydroxyl groups excluding tert-OH is 2. The molecule has 0 radical (unpaired) electrons. The highest BCUT2D eigenvalue weighted by molar-refractivity contribution is 5.16. The molecule has 0 amide bonds. The lowest BCUT2D eigenvalue weighted by Gasteiger charge is -2.12. The average molecular weight is 196 g/mol. The van der Waals surface area contributed by atoms with Gasteiger partial charge in [-0.15, -0.1) is 0 Å². The molecule has 4 N–H and O–H groups in total. The first-order valence-corrected chi connectivity index (χ1v) is 4.91. The summed E-state index contributed by atoms with van der Waals surface area (Å²) in [6.07, 6.45) is -0.624. The van der Waals surface area contributed by atoms with Crippen LogP contribution in [0, 0.1) is 0 Å². The number of aliphatic hydroxyl groups is 2. The molecule has 0 unspecified atom stereocenters. The molecule has 1 aromatic carbocycles. The molecule has 78 valence electrons. The van der Waals surface area contributed by atoms with Crippen molar-refractivity contribution in [1.29, 1.82) is 0 Å². The summed E-state index contributed by atoms with van der Waals surface area (Å²) in [5.74, 6) is 0. The van der Waals surface area contributed by atoms with Crippen LogP contribution in [-0.2, 0) is 0 Å². The predicted octanol–water partition coefficient (Wildman–Crippen LogP) is -0.336. The van der Waals surface area contributed by atoms with Crippen molar-refractivity contribution in [2.24, 2.45) is 0 Å². The topological polar surface area (TPSA) is 57.1 Å². The summed E-state index contributed by atoms with van der Waals surface area (Å²) in [6, 6.07) is 10.4. The van der Waals surface area contributed by atoms with E-state index in [9.17, 15) is 5.11 Å². The molecule has 0 aliphatic rings. The summed E-state index contributed by atoms with van der Waals surface area (Å²) in [7, 11) is 0. The van der Waals surface area contributed by atoms with E-state index in [1.54, 1.807) is 0 Å². The van der Waals surface area contributed by atoms with E-state index in [4.69, 9.17) is 5.11 Å². The van der Waals surface area contributed by atoms with E-state index in [1.807, 2.05) is 23.5 Å². The molecule has 0 saturated carbocycles. The molecule has 2 atom stereocenters. The van der Waals surface area contributed by atoms with Gasteiger partial charge in [0.2, 0.25) is 0 Å². The first-order valence-electron chi connectivity index (χ1n) is 4.91. The lowest BCUT2D eigenvalue weighted by molar-refractivity contribution is -0.698. The molecule has 1 aromatic rings. The molecule has 1 rings (SSSR count). The van der Waals surface area contributed by atoms with Crippen LogP contribution in [0.4, 0.5) is 0 Å². The summed E-state index contributed by atoms with van der Waals surface area (Å²) in [6.45, 7) is 2.45. The van der Waals surface area contributed by atoms with Crippen molar-refractivity contribution in [3.05, 3.63) is 35.9 Å². The van der Waals surface area contributed by atoms with Gasteiger partial charge in [-0.3, -0.25) is 0 Å². The van der Waals surface area contributed by atoms with Crippen LogP contribution >= 0.6 is 0 Å². The second-order valence-electron chi connectivity index (χ2n) is 3.51. The minimum atomic E-state index is -0.624. The van der Waals surface area contributed by atoms with E-state index in [0.717, 1.165) is 0 Å². The van der Waals surface area contributed by atoms with E-state index >= 15 is 0 Å². The van der Waals surface area contributed by atoms with Gasteiger partial charge < -0.3 is 15.5 Å². The van der Waals surface area contributed by atoms with E-state index < -0.39 is 6.10 Å². The SMILES string of the molecule is C[C@@H]([NH2+]C[C@@H](O)CO)c1ccccc1. The zero-order valence-electron chi connectivity index (χ0n) is 8.43. The van der Waals surface area contributed by atoms with Gasteiger partial charge >= 0.3 is 0 Å². The summed E-state index contributed by atoms with van der Waals surface area (Å²) in [5, 5.41) is 19.8. The highest BCUT2D eigenvalue weighted by Gasteiger charge is 2.10. The standard InChI is InChI=1S/C11H17NO2/c1-9(12-7-11(14)8-13)10-5-3-2-4-6-10/h2-6,9,11-14H,7-8H2,1H3/p+1/t9-,11-/m1/s1. The molecular formula is C11H18NO2+. The van der Waals surface area contributed by atoms with Gasteiger partial charge in [-0.05, 0) is 6.92 Å². The van der Waals surface area contributed by atoms with Gasteiger partial charge in [-0.1, -0.05) is 30.3 Å². The summed E-state index contributed by atoms with van der Waals surface area (Å²) in [5.41, 5.74) is 1.23. The van der Waals surface area contributed by atoms with Crippen molar-refractivity contribution in [1.82, 2.24) is 0 Å². The van der Waals surface area contributed by atoms with Gasteiger partial charge in [0, 0.05) is 5.56 Å². The summed E-state index contributed by atoms with van der Waals surface area (Å²) >= 11 is 0. The Labute approximate surface area is 84.4 Å². The lowest BCUT2D eigenvalue weighted by atomic mass is 10.1. The van der Waals surface area contributed by atoms with Gasteiger partial charge in [0.1, 0.15) is 18.7 Å².